The Morgan fingerprint density at radius 1 is 1.09 bits per heavy atom. The molecule has 4 aliphatic rings. The summed E-state index contributed by atoms with van der Waals surface area (Å²) in [4.78, 5) is 0. The Bertz CT molecular complexity index is 494. The second-order valence-corrected chi connectivity index (χ2v) is 11.2. The van der Waals surface area contributed by atoms with E-state index in [1.807, 2.05) is 5.57 Å². The zero-order valence-corrected chi connectivity index (χ0v) is 16.6. The van der Waals surface area contributed by atoms with Crippen molar-refractivity contribution in [3.8, 4) is 0 Å². The first-order valence-corrected chi connectivity index (χ1v) is 11.3. The summed E-state index contributed by atoms with van der Waals surface area (Å²) in [6.45, 7) is 10.2. The molecule has 0 amide bonds. The van der Waals surface area contributed by atoms with E-state index in [2.05, 4.69) is 45.5 Å². The zero-order chi connectivity index (χ0) is 16.2. The summed E-state index contributed by atoms with van der Waals surface area (Å²) in [7, 11) is 0. The summed E-state index contributed by atoms with van der Waals surface area (Å²) >= 11 is 2.21. The lowest BCUT2D eigenvalue weighted by Gasteiger charge is -2.58. The van der Waals surface area contributed by atoms with Crippen molar-refractivity contribution in [3.05, 3.63) is 11.6 Å². The van der Waals surface area contributed by atoms with E-state index in [0.29, 0.717) is 10.8 Å². The van der Waals surface area contributed by atoms with Gasteiger partial charge in [-0.3, -0.25) is 0 Å². The molecule has 1 heteroatoms. The number of rotatable bonds is 2. The highest BCUT2D eigenvalue weighted by Gasteiger charge is 2.57. The maximum atomic E-state index is 2.73. The maximum absolute atomic E-state index is 2.73. The molecule has 7 unspecified atom stereocenters. The topological polar surface area (TPSA) is 0 Å². The van der Waals surface area contributed by atoms with Crippen molar-refractivity contribution in [2.45, 2.75) is 84.3 Å². The third kappa shape index (κ3) is 2.39. The first-order chi connectivity index (χ1) is 11.0. The molecule has 23 heavy (non-hydrogen) atoms. The van der Waals surface area contributed by atoms with E-state index in [4.69, 9.17) is 0 Å². The Morgan fingerprint density at radius 3 is 2.70 bits per heavy atom. The smallest absolute Gasteiger partial charge is 0.00846 e. The predicted molar refractivity (Wildman–Crippen MR) is 103 cm³/mol. The second kappa shape index (κ2) is 5.82. The fourth-order valence-corrected chi connectivity index (χ4v) is 8.32. The van der Waals surface area contributed by atoms with Crippen molar-refractivity contribution in [1.29, 1.82) is 0 Å². The van der Waals surface area contributed by atoms with Crippen LogP contribution in [-0.2, 0) is 0 Å². The van der Waals surface area contributed by atoms with Gasteiger partial charge in [0.2, 0.25) is 0 Å². The second-order valence-electron chi connectivity index (χ2n) is 9.60. The van der Waals surface area contributed by atoms with Gasteiger partial charge in [0.05, 0.1) is 0 Å². The van der Waals surface area contributed by atoms with Gasteiger partial charge in [-0.15, -0.1) is 0 Å². The molecule has 0 aliphatic heterocycles. The van der Waals surface area contributed by atoms with Crippen LogP contribution in [0.1, 0.15) is 79.1 Å². The molecule has 0 aromatic heterocycles. The van der Waals surface area contributed by atoms with Crippen molar-refractivity contribution in [2.75, 3.05) is 5.75 Å². The van der Waals surface area contributed by atoms with E-state index in [1.54, 1.807) is 0 Å². The standard InChI is InChI=1S/C22H36S/c1-5-23-17-10-12-22(4)16(14-17)7-8-18-19-9-6-15(2)21(19,3)13-11-20(18)22/h7,15,17-20H,5-6,8-14H2,1-4H3. The van der Waals surface area contributed by atoms with Gasteiger partial charge in [-0.05, 0) is 91.6 Å². The Balaban J connectivity index is 1.60. The van der Waals surface area contributed by atoms with Crippen molar-refractivity contribution in [2.24, 2.45) is 34.5 Å². The van der Waals surface area contributed by atoms with Crippen LogP contribution in [-0.4, -0.2) is 11.0 Å². The average Bonchev–Trinajstić information content (AvgIpc) is 2.84. The van der Waals surface area contributed by atoms with Crippen molar-refractivity contribution in [3.63, 3.8) is 0 Å². The van der Waals surface area contributed by atoms with Crippen LogP contribution >= 0.6 is 11.8 Å². The summed E-state index contributed by atoms with van der Waals surface area (Å²) in [5, 5.41) is 0.913. The summed E-state index contributed by atoms with van der Waals surface area (Å²) in [5.74, 6) is 5.28. The molecular formula is C22H36S. The van der Waals surface area contributed by atoms with Crippen LogP contribution in [0.5, 0.6) is 0 Å². The minimum absolute atomic E-state index is 0.556. The van der Waals surface area contributed by atoms with Gasteiger partial charge in [0.25, 0.3) is 0 Å². The summed E-state index contributed by atoms with van der Waals surface area (Å²) in [5.41, 5.74) is 3.09. The molecule has 0 saturated heterocycles. The summed E-state index contributed by atoms with van der Waals surface area (Å²) in [6.07, 6.45) is 14.5. The molecule has 7 atom stereocenters. The van der Waals surface area contributed by atoms with Crippen LogP contribution in [0.15, 0.2) is 11.6 Å². The van der Waals surface area contributed by atoms with Crippen LogP contribution in [0.3, 0.4) is 0 Å². The highest BCUT2D eigenvalue weighted by molar-refractivity contribution is 7.99. The van der Waals surface area contributed by atoms with Crippen LogP contribution in [0, 0.1) is 34.5 Å². The van der Waals surface area contributed by atoms with E-state index < -0.39 is 0 Å². The Kier molecular flexibility index (Phi) is 4.19. The van der Waals surface area contributed by atoms with Crippen molar-refractivity contribution < 1.29 is 0 Å². The first kappa shape index (κ1) is 16.6. The molecule has 0 aromatic carbocycles. The molecular weight excluding hydrogens is 296 g/mol. The molecule has 0 spiro atoms. The third-order valence-corrected chi connectivity index (χ3v) is 10.1. The fourth-order valence-electron chi connectivity index (χ4n) is 7.27. The Hall–Kier alpha value is 0.0900. The fraction of sp³-hybridized carbons (Fsp3) is 0.909. The Labute approximate surface area is 148 Å². The lowest BCUT2D eigenvalue weighted by molar-refractivity contribution is -0.0380. The number of hydrogen-bond acceptors (Lipinski definition) is 1. The molecule has 0 heterocycles. The SMILES string of the molecule is CCSC1CCC2(C)C(=CCC3C2CCC2(C)C(C)CCC32)C1. The molecule has 3 saturated carbocycles. The largest absolute Gasteiger partial charge is 0.159 e. The summed E-state index contributed by atoms with van der Waals surface area (Å²) in [6, 6.07) is 0. The van der Waals surface area contributed by atoms with E-state index in [0.717, 1.165) is 28.9 Å². The lowest BCUT2D eigenvalue weighted by Crippen LogP contribution is -2.50. The first-order valence-electron chi connectivity index (χ1n) is 10.3. The van der Waals surface area contributed by atoms with Gasteiger partial charge in [-0.1, -0.05) is 39.3 Å². The molecule has 0 bridgehead atoms. The maximum Gasteiger partial charge on any atom is 0.00846 e. The third-order valence-electron chi connectivity index (χ3n) is 8.94. The monoisotopic (exact) mass is 332 g/mol. The van der Waals surface area contributed by atoms with Gasteiger partial charge in [-0.25, -0.2) is 0 Å². The van der Waals surface area contributed by atoms with E-state index in [1.165, 1.54) is 57.1 Å². The quantitative estimate of drug-likeness (QED) is 0.506. The number of thioether (sulfide) groups is 1. The Morgan fingerprint density at radius 2 is 1.91 bits per heavy atom. The van der Waals surface area contributed by atoms with E-state index in [-0.39, 0.29) is 0 Å². The van der Waals surface area contributed by atoms with Gasteiger partial charge >= 0.3 is 0 Å². The van der Waals surface area contributed by atoms with Gasteiger partial charge in [0.15, 0.2) is 0 Å². The van der Waals surface area contributed by atoms with Crippen LogP contribution in [0.25, 0.3) is 0 Å². The van der Waals surface area contributed by atoms with Crippen LogP contribution in [0.4, 0.5) is 0 Å². The van der Waals surface area contributed by atoms with Gasteiger partial charge in [0.1, 0.15) is 0 Å². The molecule has 3 fully saturated rings. The van der Waals surface area contributed by atoms with Crippen molar-refractivity contribution in [1.82, 2.24) is 0 Å². The lowest BCUT2D eigenvalue weighted by atomic mass is 9.47. The highest BCUT2D eigenvalue weighted by atomic mass is 32.2. The zero-order valence-electron chi connectivity index (χ0n) is 15.7. The van der Waals surface area contributed by atoms with Gasteiger partial charge in [0, 0.05) is 5.25 Å². The molecule has 0 radical (unpaired) electrons. The molecule has 130 valence electrons. The van der Waals surface area contributed by atoms with Crippen LogP contribution in [0.2, 0.25) is 0 Å². The average molecular weight is 333 g/mol. The van der Waals surface area contributed by atoms with E-state index >= 15 is 0 Å². The number of hydrogen-bond donors (Lipinski definition) is 0. The molecule has 0 aromatic rings. The molecule has 4 rings (SSSR count). The predicted octanol–water partition coefficient (Wildman–Crippen LogP) is 6.71. The number of allylic oxidation sites excluding steroid dienone is 2. The summed E-state index contributed by atoms with van der Waals surface area (Å²) < 4.78 is 0. The highest BCUT2D eigenvalue weighted by Crippen LogP contribution is 2.66. The van der Waals surface area contributed by atoms with Gasteiger partial charge < -0.3 is 0 Å². The number of fused-ring (bicyclic) bond motifs is 5. The molecule has 0 N–H and O–H groups in total. The van der Waals surface area contributed by atoms with Crippen LogP contribution < -0.4 is 0 Å². The minimum atomic E-state index is 0.556. The molecule has 0 nitrogen and oxygen atoms in total. The van der Waals surface area contributed by atoms with Gasteiger partial charge in [-0.2, -0.15) is 11.8 Å². The van der Waals surface area contributed by atoms with E-state index in [9.17, 15) is 0 Å². The minimum Gasteiger partial charge on any atom is -0.159 e. The normalized spacial score (nSPS) is 52.3. The molecule has 4 aliphatic carbocycles. The van der Waals surface area contributed by atoms with Crippen molar-refractivity contribution >= 4 is 11.8 Å².